The second kappa shape index (κ2) is 4.41. The third kappa shape index (κ3) is 2.86. The molecule has 0 saturated carbocycles. The molecule has 16 heavy (non-hydrogen) atoms. The van der Waals surface area contributed by atoms with E-state index in [2.05, 4.69) is 6.92 Å². The van der Waals surface area contributed by atoms with Gasteiger partial charge in [0, 0.05) is 0 Å². The maximum atomic E-state index is 12.2. The largest absolute Gasteiger partial charge is 0.476 e. The summed E-state index contributed by atoms with van der Waals surface area (Å²) in [5.74, 6) is 0.352. The third-order valence-corrected chi connectivity index (χ3v) is 5.17. The molecule has 0 bridgehead atoms. The molecule has 0 amide bonds. The zero-order valence-electron chi connectivity index (χ0n) is 11.1. The number of phosphoric acid groups is 1. The first kappa shape index (κ1) is 14.2. The molecule has 1 aliphatic heterocycles. The fraction of sp³-hybridized carbons (Fsp3) is 1.00. The van der Waals surface area contributed by atoms with Crippen molar-refractivity contribution in [3.8, 4) is 0 Å². The lowest BCUT2D eigenvalue weighted by molar-refractivity contribution is 0.00578. The highest BCUT2D eigenvalue weighted by atomic mass is 31.2. The van der Waals surface area contributed by atoms with E-state index in [-0.39, 0.29) is 0 Å². The van der Waals surface area contributed by atoms with Crippen LogP contribution in [0.3, 0.4) is 0 Å². The van der Waals surface area contributed by atoms with E-state index in [1.807, 2.05) is 34.6 Å². The van der Waals surface area contributed by atoms with Crippen LogP contribution in [0.25, 0.3) is 0 Å². The molecule has 0 radical (unpaired) electrons. The summed E-state index contributed by atoms with van der Waals surface area (Å²) in [4.78, 5) is 0. The molecule has 0 N–H and O–H groups in total. The fourth-order valence-electron chi connectivity index (χ4n) is 1.19. The third-order valence-electron chi connectivity index (χ3n) is 3.34. The van der Waals surface area contributed by atoms with Crippen molar-refractivity contribution in [2.24, 2.45) is 5.92 Å². The molecule has 0 aromatic rings. The summed E-state index contributed by atoms with van der Waals surface area (Å²) in [6.45, 7) is 11.9. The zero-order chi connectivity index (χ0) is 12.6. The Morgan fingerprint density at radius 3 is 2.00 bits per heavy atom. The molecule has 5 heteroatoms. The lowest BCUT2D eigenvalue weighted by Gasteiger charge is -2.28. The van der Waals surface area contributed by atoms with E-state index in [1.54, 1.807) is 0 Å². The molecule has 1 saturated heterocycles. The van der Waals surface area contributed by atoms with Crippen LogP contribution in [-0.4, -0.2) is 17.8 Å². The Hall–Kier alpha value is 0.110. The van der Waals surface area contributed by atoms with Crippen LogP contribution in [0.4, 0.5) is 0 Å². The molecule has 0 spiro atoms. The van der Waals surface area contributed by atoms with Gasteiger partial charge in [-0.15, -0.1) is 0 Å². The van der Waals surface area contributed by atoms with Gasteiger partial charge in [0.1, 0.15) is 11.2 Å². The summed E-state index contributed by atoms with van der Waals surface area (Å²) < 4.78 is 28.4. The molecule has 1 heterocycles. The van der Waals surface area contributed by atoms with E-state index >= 15 is 0 Å². The van der Waals surface area contributed by atoms with Crippen LogP contribution in [0, 0.1) is 5.92 Å². The van der Waals surface area contributed by atoms with Gasteiger partial charge in [-0.3, -0.25) is 13.6 Å². The van der Waals surface area contributed by atoms with Gasteiger partial charge in [-0.1, -0.05) is 20.3 Å². The summed E-state index contributed by atoms with van der Waals surface area (Å²) in [6, 6.07) is 0. The molecule has 4 nitrogen and oxygen atoms in total. The smallest absolute Gasteiger partial charge is 0.287 e. The average Bonchev–Trinajstić information content (AvgIpc) is 2.27. The van der Waals surface area contributed by atoms with Crippen molar-refractivity contribution in [3.05, 3.63) is 0 Å². The topological polar surface area (TPSA) is 44.8 Å². The summed E-state index contributed by atoms with van der Waals surface area (Å²) in [5.41, 5.74) is -1.20. The Bertz CT molecular complexity index is 278. The molecule has 96 valence electrons. The van der Waals surface area contributed by atoms with Gasteiger partial charge in [0.05, 0.1) is 6.61 Å². The standard InChI is InChI=1S/C11H23O4P/c1-7-9(2)8-13-16(12)14-10(3,4)11(5,6)15-16/h9H,7-8H2,1-6H3. The second-order valence-corrected chi connectivity index (χ2v) is 6.98. The molecule has 0 aliphatic carbocycles. The van der Waals surface area contributed by atoms with Crippen LogP contribution in [-0.2, 0) is 18.1 Å². The van der Waals surface area contributed by atoms with Gasteiger partial charge in [-0.25, -0.2) is 4.57 Å². The van der Waals surface area contributed by atoms with Crippen molar-refractivity contribution in [3.63, 3.8) is 0 Å². The lowest BCUT2D eigenvalue weighted by Crippen LogP contribution is -2.41. The van der Waals surface area contributed by atoms with Crippen molar-refractivity contribution < 1.29 is 18.1 Å². The van der Waals surface area contributed by atoms with E-state index in [4.69, 9.17) is 13.6 Å². The van der Waals surface area contributed by atoms with E-state index < -0.39 is 19.0 Å². The highest BCUT2D eigenvalue weighted by molar-refractivity contribution is 7.48. The monoisotopic (exact) mass is 250 g/mol. The predicted molar refractivity (Wildman–Crippen MR) is 63.3 cm³/mol. The number of rotatable bonds is 4. The molecule has 1 fully saturated rings. The minimum absolute atomic E-state index is 0.352. The minimum atomic E-state index is -3.38. The maximum absolute atomic E-state index is 12.2. The number of hydrogen-bond acceptors (Lipinski definition) is 4. The Morgan fingerprint density at radius 1 is 1.19 bits per heavy atom. The van der Waals surface area contributed by atoms with E-state index in [0.717, 1.165) is 6.42 Å². The Balaban J connectivity index is 2.66. The van der Waals surface area contributed by atoms with Gasteiger partial charge in [-0.05, 0) is 33.6 Å². The summed E-state index contributed by atoms with van der Waals surface area (Å²) >= 11 is 0. The highest BCUT2D eigenvalue weighted by Crippen LogP contribution is 2.64. The number of phosphoric ester groups is 1. The van der Waals surface area contributed by atoms with Crippen LogP contribution in [0.15, 0.2) is 0 Å². The maximum Gasteiger partial charge on any atom is 0.476 e. The van der Waals surface area contributed by atoms with Crippen molar-refractivity contribution in [1.82, 2.24) is 0 Å². The molecule has 0 aromatic heterocycles. The Labute approximate surface area is 98.3 Å². The van der Waals surface area contributed by atoms with Crippen LogP contribution in [0.5, 0.6) is 0 Å². The van der Waals surface area contributed by atoms with E-state index in [0.29, 0.717) is 12.5 Å². The molecule has 1 atom stereocenters. The van der Waals surface area contributed by atoms with Crippen LogP contribution >= 0.6 is 7.82 Å². The molecular formula is C11H23O4P. The van der Waals surface area contributed by atoms with Gasteiger partial charge in [0.25, 0.3) is 0 Å². The van der Waals surface area contributed by atoms with Crippen LogP contribution < -0.4 is 0 Å². The molecule has 1 rings (SSSR count). The molecule has 1 aliphatic rings. The normalized spacial score (nSPS) is 27.9. The van der Waals surface area contributed by atoms with Gasteiger partial charge < -0.3 is 0 Å². The first-order valence-electron chi connectivity index (χ1n) is 5.78. The first-order valence-corrected chi connectivity index (χ1v) is 7.24. The average molecular weight is 250 g/mol. The first-order chi connectivity index (χ1) is 7.12. The van der Waals surface area contributed by atoms with Crippen molar-refractivity contribution >= 4 is 7.82 Å². The van der Waals surface area contributed by atoms with E-state index in [1.165, 1.54) is 0 Å². The van der Waals surface area contributed by atoms with Crippen molar-refractivity contribution in [2.75, 3.05) is 6.61 Å². The van der Waals surface area contributed by atoms with Crippen molar-refractivity contribution in [2.45, 2.75) is 59.2 Å². The van der Waals surface area contributed by atoms with Crippen molar-refractivity contribution in [1.29, 1.82) is 0 Å². The van der Waals surface area contributed by atoms with Crippen LogP contribution in [0.1, 0.15) is 48.0 Å². The fourth-order valence-corrected chi connectivity index (χ4v) is 3.32. The Morgan fingerprint density at radius 2 is 1.62 bits per heavy atom. The molecule has 0 aromatic carbocycles. The number of hydrogen-bond donors (Lipinski definition) is 0. The zero-order valence-corrected chi connectivity index (χ0v) is 12.0. The summed E-state index contributed by atoms with van der Waals surface area (Å²) in [5, 5.41) is 0. The van der Waals surface area contributed by atoms with Gasteiger partial charge >= 0.3 is 7.82 Å². The summed E-state index contributed by atoms with van der Waals surface area (Å²) in [7, 11) is -3.38. The van der Waals surface area contributed by atoms with E-state index in [9.17, 15) is 4.57 Å². The van der Waals surface area contributed by atoms with Gasteiger partial charge in [0.15, 0.2) is 0 Å². The Kier molecular flexibility index (Phi) is 3.91. The van der Waals surface area contributed by atoms with Gasteiger partial charge in [-0.2, -0.15) is 0 Å². The lowest BCUT2D eigenvalue weighted by atomic mass is 9.90. The summed E-state index contributed by atoms with van der Waals surface area (Å²) in [6.07, 6.45) is 0.979. The second-order valence-electron chi connectivity index (χ2n) is 5.46. The van der Waals surface area contributed by atoms with Gasteiger partial charge in [0.2, 0.25) is 0 Å². The predicted octanol–water partition coefficient (Wildman–Crippen LogP) is 3.76. The SMILES string of the molecule is CCC(C)COP1(=O)OC(C)(C)C(C)(C)O1. The van der Waals surface area contributed by atoms with Crippen LogP contribution in [0.2, 0.25) is 0 Å². The minimum Gasteiger partial charge on any atom is -0.287 e. The quantitative estimate of drug-likeness (QED) is 0.712. The molecular weight excluding hydrogens is 227 g/mol. The molecule has 1 unspecified atom stereocenters. The highest BCUT2D eigenvalue weighted by Gasteiger charge is 2.56.